The summed E-state index contributed by atoms with van der Waals surface area (Å²) in [5.74, 6) is 0.262. The average molecular weight is 230 g/mol. The quantitative estimate of drug-likeness (QED) is 0.705. The van der Waals surface area contributed by atoms with Crippen LogP contribution in [-0.4, -0.2) is 15.3 Å². The number of phenols is 3. The summed E-state index contributed by atoms with van der Waals surface area (Å²) in [5.41, 5.74) is 2.69. The minimum Gasteiger partial charge on any atom is -0.508 e. The van der Waals surface area contributed by atoms with E-state index in [9.17, 15) is 15.3 Å². The van der Waals surface area contributed by atoms with Crippen LogP contribution in [0.4, 0.5) is 0 Å². The minimum atomic E-state index is 0.0261. The zero-order chi connectivity index (χ0) is 12.6. The van der Waals surface area contributed by atoms with E-state index in [0.717, 1.165) is 16.7 Å². The van der Waals surface area contributed by atoms with Crippen LogP contribution >= 0.6 is 0 Å². The van der Waals surface area contributed by atoms with Gasteiger partial charge in [0, 0.05) is 0 Å². The standard InChI is InChI=1S/C14H14O3/c1-8-9(2)11(15)7-6-10(8)14-12(16)4-3-5-13(14)17/h3-7,15-17H,1-2H3. The summed E-state index contributed by atoms with van der Waals surface area (Å²) < 4.78 is 0. The van der Waals surface area contributed by atoms with Crippen LogP contribution in [-0.2, 0) is 0 Å². The molecule has 17 heavy (non-hydrogen) atoms. The molecule has 0 atom stereocenters. The summed E-state index contributed by atoms with van der Waals surface area (Å²) in [5, 5.41) is 29.2. The number of phenolic OH excluding ortho intramolecular Hbond substituents is 3. The van der Waals surface area contributed by atoms with E-state index in [0.29, 0.717) is 5.56 Å². The molecule has 3 heteroatoms. The van der Waals surface area contributed by atoms with Gasteiger partial charge in [0.05, 0.1) is 5.56 Å². The molecule has 0 saturated heterocycles. The lowest BCUT2D eigenvalue weighted by molar-refractivity contribution is 0.453. The van der Waals surface area contributed by atoms with Gasteiger partial charge in [-0.15, -0.1) is 0 Å². The highest BCUT2D eigenvalue weighted by atomic mass is 16.3. The van der Waals surface area contributed by atoms with E-state index >= 15 is 0 Å². The maximum Gasteiger partial charge on any atom is 0.127 e. The van der Waals surface area contributed by atoms with E-state index in [4.69, 9.17) is 0 Å². The highest BCUT2D eigenvalue weighted by Crippen LogP contribution is 2.40. The van der Waals surface area contributed by atoms with Gasteiger partial charge in [0.25, 0.3) is 0 Å². The molecule has 0 radical (unpaired) electrons. The molecule has 0 unspecified atom stereocenters. The average Bonchev–Trinajstić information content (AvgIpc) is 2.29. The zero-order valence-electron chi connectivity index (χ0n) is 9.73. The van der Waals surface area contributed by atoms with E-state index < -0.39 is 0 Å². The van der Waals surface area contributed by atoms with Crippen LogP contribution in [0.3, 0.4) is 0 Å². The molecule has 3 N–H and O–H groups in total. The topological polar surface area (TPSA) is 60.7 Å². The summed E-state index contributed by atoms with van der Waals surface area (Å²) >= 11 is 0. The Bertz CT molecular complexity index is 554. The van der Waals surface area contributed by atoms with Crippen LogP contribution in [0.1, 0.15) is 11.1 Å². The number of rotatable bonds is 1. The van der Waals surface area contributed by atoms with Crippen molar-refractivity contribution in [3.8, 4) is 28.4 Å². The lowest BCUT2D eigenvalue weighted by atomic mass is 9.95. The van der Waals surface area contributed by atoms with E-state index in [2.05, 4.69) is 0 Å². The lowest BCUT2D eigenvalue weighted by Crippen LogP contribution is -1.89. The first-order chi connectivity index (χ1) is 8.02. The Morgan fingerprint density at radius 2 is 1.29 bits per heavy atom. The SMILES string of the molecule is Cc1c(O)ccc(-c2c(O)cccc2O)c1C. The van der Waals surface area contributed by atoms with Gasteiger partial charge < -0.3 is 15.3 Å². The molecular formula is C14H14O3. The largest absolute Gasteiger partial charge is 0.508 e. The lowest BCUT2D eigenvalue weighted by Gasteiger charge is -2.13. The highest BCUT2D eigenvalue weighted by Gasteiger charge is 2.14. The molecule has 0 bridgehead atoms. The zero-order valence-corrected chi connectivity index (χ0v) is 9.73. The van der Waals surface area contributed by atoms with Gasteiger partial charge in [0.15, 0.2) is 0 Å². The van der Waals surface area contributed by atoms with Crippen molar-refractivity contribution in [1.29, 1.82) is 0 Å². The molecule has 0 aromatic heterocycles. The number of hydrogen-bond acceptors (Lipinski definition) is 3. The van der Waals surface area contributed by atoms with Crippen LogP contribution in [0.5, 0.6) is 17.2 Å². The maximum atomic E-state index is 9.81. The predicted octanol–water partition coefficient (Wildman–Crippen LogP) is 3.09. The second-order valence-electron chi connectivity index (χ2n) is 4.05. The van der Waals surface area contributed by atoms with Gasteiger partial charge >= 0.3 is 0 Å². The van der Waals surface area contributed by atoms with E-state index in [1.165, 1.54) is 12.1 Å². The Kier molecular flexibility index (Phi) is 2.68. The third-order valence-corrected chi connectivity index (χ3v) is 3.05. The van der Waals surface area contributed by atoms with Crippen LogP contribution in [0.15, 0.2) is 30.3 Å². The van der Waals surface area contributed by atoms with Gasteiger partial charge in [-0.25, -0.2) is 0 Å². The molecule has 3 nitrogen and oxygen atoms in total. The summed E-state index contributed by atoms with van der Waals surface area (Å²) in [6, 6.07) is 7.88. The number of benzene rings is 2. The number of hydrogen-bond donors (Lipinski definition) is 3. The molecule has 0 saturated carbocycles. The van der Waals surface area contributed by atoms with Gasteiger partial charge in [-0.1, -0.05) is 12.1 Å². The second kappa shape index (κ2) is 4.01. The summed E-state index contributed by atoms with van der Waals surface area (Å²) in [4.78, 5) is 0. The van der Waals surface area contributed by atoms with E-state index in [1.807, 2.05) is 6.92 Å². The van der Waals surface area contributed by atoms with Gasteiger partial charge in [-0.3, -0.25) is 0 Å². The molecule has 88 valence electrons. The fourth-order valence-electron chi connectivity index (χ4n) is 1.88. The molecule has 2 aromatic carbocycles. The van der Waals surface area contributed by atoms with E-state index in [1.54, 1.807) is 25.1 Å². The molecule has 0 aliphatic carbocycles. The Morgan fingerprint density at radius 1 is 0.706 bits per heavy atom. The fraction of sp³-hybridized carbons (Fsp3) is 0.143. The molecule has 2 aromatic rings. The molecule has 0 aliphatic heterocycles. The second-order valence-corrected chi connectivity index (χ2v) is 4.05. The van der Waals surface area contributed by atoms with Crippen LogP contribution in [0.2, 0.25) is 0 Å². The third-order valence-electron chi connectivity index (χ3n) is 3.05. The van der Waals surface area contributed by atoms with Crippen molar-refractivity contribution in [3.05, 3.63) is 41.5 Å². The first-order valence-electron chi connectivity index (χ1n) is 5.33. The van der Waals surface area contributed by atoms with Gasteiger partial charge in [-0.2, -0.15) is 0 Å². The summed E-state index contributed by atoms with van der Waals surface area (Å²) in [7, 11) is 0. The van der Waals surface area contributed by atoms with Crippen molar-refractivity contribution < 1.29 is 15.3 Å². The summed E-state index contributed by atoms with van der Waals surface area (Å²) in [6.45, 7) is 3.64. The normalized spacial score (nSPS) is 10.5. The van der Waals surface area contributed by atoms with Crippen molar-refractivity contribution in [2.75, 3.05) is 0 Å². The maximum absolute atomic E-state index is 9.81. The molecule has 0 amide bonds. The smallest absolute Gasteiger partial charge is 0.127 e. The van der Waals surface area contributed by atoms with Crippen molar-refractivity contribution in [2.45, 2.75) is 13.8 Å². The Morgan fingerprint density at radius 3 is 1.88 bits per heavy atom. The minimum absolute atomic E-state index is 0.0261. The molecule has 2 rings (SSSR count). The monoisotopic (exact) mass is 230 g/mol. The highest BCUT2D eigenvalue weighted by molar-refractivity contribution is 5.79. The Labute approximate surface area is 99.6 Å². The van der Waals surface area contributed by atoms with Crippen molar-refractivity contribution in [2.24, 2.45) is 0 Å². The first kappa shape index (κ1) is 11.3. The third kappa shape index (κ3) is 1.80. The van der Waals surface area contributed by atoms with Gasteiger partial charge in [0.2, 0.25) is 0 Å². The van der Waals surface area contributed by atoms with E-state index in [-0.39, 0.29) is 17.2 Å². The van der Waals surface area contributed by atoms with Crippen LogP contribution in [0.25, 0.3) is 11.1 Å². The van der Waals surface area contributed by atoms with Gasteiger partial charge in [-0.05, 0) is 48.7 Å². The van der Waals surface area contributed by atoms with Crippen molar-refractivity contribution >= 4 is 0 Å². The van der Waals surface area contributed by atoms with Crippen LogP contribution in [0, 0.1) is 13.8 Å². The number of aromatic hydroxyl groups is 3. The predicted molar refractivity (Wildman–Crippen MR) is 66.3 cm³/mol. The molecule has 0 heterocycles. The molecule has 0 spiro atoms. The molecule has 0 aliphatic rings. The Hall–Kier alpha value is -2.16. The molecule has 0 fully saturated rings. The van der Waals surface area contributed by atoms with Crippen molar-refractivity contribution in [1.82, 2.24) is 0 Å². The fourth-order valence-corrected chi connectivity index (χ4v) is 1.88. The first-order valence-corrected chi connectivity index (χ1v) is 5.33. The van der Waals surface area contributed by atoms with Gasteiger partial charge in [0.1, 0.15) is 17.2 Å². The Balaban J connectivity index is 2.74. The van der Waals surface area contributed by atoms with Crippen LogP contribution < -0.4 is 0 Å². The van der Waals surface area contributed by atoms with Crippen molar-refractivity contribution in [3.63, 3.8) is 0 Å². The summed E-state index contributed by atoms with van der Waals surface area (Å²) in [6.07, 6.45) is 0. The molecular weight excluding hydrogens is 216 g/mol.